The fourth-order valence-corrected chi connectivity index (χ4v) is 4.02. The fraction of sp³-hybridized carbons (Fsp3) is 0.500. The van der Waals surface area contributed by atoms with Crippen LogP contribution < -0.4 is 11.3 Å². The zero-order valence-corrected chi connectivity index (χ0v) is 13.9. The lowest BCUT2D eigenvalue weighted by Gasteiger charge is -2.27. The van der Waals surface area contributed by atoms with E-state index in [2.05, 4.69) is 46.8 Å². The third kappa shape index (κ3) is 2.10. The van der Waals surface area contributed by atoms with Gasteiger partial charge in [-0.25, -0.2) is 4.98 Å². The number of anilines is 1. The highest BCUT2D eigenvalue weighted by Crippen LogP contribution is 2.43. The summed E-state index contributed by atoms with van der Waals surface area (Å²) in [4.78, 5) is 22.2. The first-order valence-electron chi connectivity index (χ1n) is 6.07. The highest BCUT2D eigenvalue weighted by molar-refractivity contribution is 9.10. The molecule has 0 aliphatic carbocycles. The minimum Gasteiger partial charge on any atom is -0.394 e. The molecular formula is C10H11Br2N5O5. The zero-order chi connectivity index (χ0) is 16.2. The molecule has 1 fully saturated rings. The molecule has 0 bridgehead atoms. The number of aliphatic hydroxyl groups is 3. The van der Waals surface area contributed by atoms with Gasteiger partial charge in [0.25, 0.3) is 5.56 Å². The predicted molar refractivity (Wildman–Crippen MR) is 81.1 cm³/mol. The summed E-state index contributed by atoms with van der Waals surface area (Å²) in [7, 11) is 0. The number of hydrogen-bond acceptors (Lipinski definition) is 8. The lowest BCUT2D eigenvalue weighted by Crippen LogP contribution is -2.41. The van der Waals surface area contributed by atoms with E-state index in [4.69, 9.17) is 10.5 Å². The van der Waals surface area contributed by atoms with Crippen LogP contribution in [0.4, 0.5) is 5.95 Å². The third-order valence-corrected chi connectivity index (χ3v) is 4.91. The minimum atomic E-state index is -1.68. The van der Waals surface area contributed by atoms with Gasteiger partial charge in [-0.15, -0.1) is 0 Å². The summed E-state index contributed by atoms with van der Waals surface area (Å²) in [6, 6.07) is 0. The molecule has 1 saturated heterocycles. The van der Waals surface area contributed by atoms with Crippen LogP contribution in [0.1, 0.15) is 0 Å². The first-order valence-corrected chi connectivity index (χ1v) is 7.66. The van der Waals surface area contributed by atoms with Gasteiger partial charge < -0.3 is 25.8 Å². The molecule has 0 saturated carbocycles. The quantitative estimate of drug-likeness (QED) is 0.281. The maximum atomic E-state index is 11.9. The van der Waals surface area contributed by atoms with Crippen molar-refractivity contribution < 1.29 is 20.1 Å². The molecule has 22 heavy (non-hydrogen) atoms. The molecule has 1 aliphatic rings. The molecular weight excluding hydrogens is 430 g/mol. The first kappa shape index (κ1) is 15.8. The molecule has 12 heteroatoms. The number of alkyl halides is 1. The molecule has 3 heterocycles. The van der Waals surface area contributed by atoms with Gasteiger partial charge in [0.2, 0.25) is 10.6 Å². The van der Waals surface area contributed by atoms with E-state index in [1.807, 2.05) is 0 Å². The van der Waals surface area contributed by atoms with Crippen LogP contribution in [0, 0.1) is 0 Å². The second-order valence-electron chi connectivity index (χ2n) is 4.72. The van der Waals surface area contributed by atoms with Crippen LogP contribution in [0.25, 0.3) is 11.2 Å². The first-order chi connectivity index (χ1) is 10.3. The second-order valence-corrected chi connectivity index (χ2v) is 6.57. The number of nitrogens with one attached hydrogen (secondary N) is 1. The fourth-order valence-electron chi connectivity index (χ4n) is 2.32. The number of ether oxygens (including phenoxy) is 1. The van der Waals surface area contributed by atoms with E-state index in [-0.39, 0.29) is 21.8 Å². The Morgan fingerprint density at radius 1 is 1.45 bits per heavy atom. The number of nitrogens with zero attached hydrogens (tertiary/aromatic N) is 3. The topological polar surface area (TPSA) is 160 Å². The van der Waals surface area contributed by atoms with Crippen molar-refractivity contribution in [3.8, 4) is 0 Å². The van der Waals surface area contributed by atoms with E-state index in [9.17, 15) is 20.1 Å². The molecule has 120 valence electrons. The number of halogens is 2. The largest absolute Gasteiger partial charge is 0.394 e. The number of aliphatic hydroxyl groups excluding tert-OH is 3. The van der Waals surface area contributed by atoms with Gasteiger partial charge >= 0.3 is 0 Å². The number of aromatic nitrogens is 4. The highest BCUT2D eigenvalue weighted by atomic mass is 79.9. The van der Waals surface area contributed by atoms with Crippen molar-refractivity contribution in [2.45, 2.75) is 22.9 Å². The van der Waals surface area contributed by atoms with Crippen LogP contribution in [0.5, 0.6) is 0 Å². The summed E-state index contributed by atoms with van der Waals surface area (Å²) < 4.78 is 5.17. The molecule has 0 spiro atoms. The highest BCUT2D eigenvalue weighted by Gasteiger charge is 2.55. The van der Waals surface area contributed by atoms with E-state index >= 15 is 0 Å². The average molecular weight is 441 g/mol. The van der Waals surface area contributed by atoms with Gasteiger partial charge in [0.1, 0.15) is 18.3 Å². The minimum absolute atomic E-state index is 0.0300. The number of rotatable bonds is 2. The summed E-state index contributed by atoms with van der Waals surface area (Å²) in [5.41, 5.74) is 4.97. The smallest absolute Gasteiger partial charge is 0.280 e. The lowest BCUT2D eigenvalue weighted by atomic mass is 10.1. The van der Waals surface area contributed by atoms with Crippen LogP contribution in [-0.2, 0) is 9.37 Å². The molecule has 6 N–H and O–H groups in total. The Morgan fingerprint density at radius 3 is 2.73 bits per heavy atom. The normalized spacial score (nSPS) is 32.0. The number of nitrogen functional groups attached to an aromatic ring is 1. The van der Waals surface area contributed by atoms with E-state index in [0.717, 1.165) is 0 Å². The van der Waals surface area contributed by atoms with Crippen LogP contribution in [0.15, 0.2) is 9.53 Å². The van der Waals surface area contributed by atoms with Gasteiger partial charge in [0.15, 0.2) is 15.9 Å². The number of hydrogen-bond donors (Lipinski definition) is 5. The van der Waals surface area contributed by atoms with Crippen LogP contribution in [0.3, 0.4) is 0 Å². The Balaban J connectivity index is 2.26. The molecule has 4 unspecified atom stereocenters. The Kier molecular flexibility index (Phi) is 3.78. The van der Waals surface area contributed by atoms with Gasteiger partial charge in [-0.05, 0) is 31.9 Å². The van der Waals surface area contributed by atoms with Crippen molar-refractivity contribution in [3.63, 3.8) is 0 Å². The molecule has 1 aliphatic heterocycles. The SMILES string of the molecule is Nc1nc2c(nc(Br)n2C2(Br)OC(CO)C(O)C2O)c(=O)[nH]1. The van der Waals surface area contributed by atoms with Crippen molar-refractivity contribution in [2.24, 2.45) is 0 Å². The zero-order valence-electron chi connectivity index (χ0n) is 10.8. The van der Waals surface area contributed by atoms with Gasteiger partial charge in [0, 0.05) is 0 Å². The molecule has 0 aromatic carbocycles. The Labute approximate surface area is 139 Å². The Morgan fingerprint density at radius 2 is 2.14 bits per heavy atom. The van der Waals surface area contributed by atoms with Crippen molar-refractivity contribution in [1.82, 2.24) is 19.5 Å². The van der Waals surface area contributed by atoms with Gasteiger partial charge in [-0.3, -0.25) is 14.3 Å². The van der Waals surface area contributed by atoms with Crippen molar-refractivity contribution in [2.75, 3.05) is 12.3 Å². The summed E-state index contributed by atoms with van der Waals surface area (Å²) >= 11 is 6.35. The molecule has 3 rings (SSSR count). The van der Waals surface area contributed by atoms with E-state index in [1.165, 1.54) is 4.57 Å². The van der Waals surface area contributed by atoms with Gasteiger partial charge in [0.05, 0.1) is 6.61 Å². The van der Waals surface area contributed by atoms with E-state index < -0.39 is 35.1 Å². The van der Waals surface area contributed by atoms with Crippen LogP contribution in [0.2, 0.25) is 0 Å². The van der Waals surface area contributed by atoms with E-state index in [0.29, 0.717) is 0 Å². The van der Waals surface area contributed by atoms with E-state index in [1.54, 1.807) is 0 Å². The number of nitrogens with two attached hydrogens (primary N) is 1. The van der Waals surface area contributed by atoms with Crippen LogP contribution in [-0.4, -0.2) is 59.8 Å². The maximum Gasteiger partial charge on any atom is 0.280 e. The van der Waals surface area contributed by atoms with Crippen LogP contribution >= 0.6 is 31.9 Å². The number of aromatic amines is 1. The van der Waals surface area contributed by atoms with Crippen molar-refractivity contribution in [3.05, 3.63) is 15.1 Å². The summed E-state index contributed by atoms with van der Waals surface area (Å²) in [6.07, 6.45) is -3.84. The molecule has 2 aromatic heterocycles. The molecule has 0 amide bonds. The Hall–Kier alpha value is -1.05. The summed E-state index contributed by atoms with van der Waals surface area (Å²) in [5, 5.41) is 29.4. The Bertz CT molecular complexity index is 794. The second kappa shape index (κ2) is 5.25. The lowest BCUT2D eigenvalue weighted by molar-refractivity contribution is -0.0734. The van der Waals surface area contributed by atoms with Gasteiger partial charge in [-0.1, -0.05) is 0 Å². The van der Waals surface area contributed by atoms with Gasteiger partial charge in [-0.2, -0.15) is 4.98 Å². The number of fused-ring (bicyclic) bond motifs is 1. The molecule has 10 nitrogen and oxygen atoms in total. The number of H-pyrrole nitrogens is 1. The monoisotopic (exact) mass is 439 g/mol. The van der Waals surface area contributed by atoms with Crippen molar-refractivity contribution in [1.29, 1.82) is 0 Å². The molecule has 4 atom stereocenters. The van der Waals surface area contributed by atoms with Crippen molar-refractivity contribution >= 4 is 49.0 Å². The summed E-state index contributed by atoms with van der Waals surface area (Å²) in [5.74, 6) is -0.144. The molecule has 0 radical (unpaired) electrons. The molecule has 2 aromatic rings. The predicted octanol–water partition coefficient (Wildman–Crippen LogP) is -1.42. The third-order valence-electron chi connectivity index (χ3n) is 3.37. The maximum absolute atomic E-state index is 11.9. The average Bonchev–Trinajstić information content (AvgIpc) is 2.89. The number of imidazole rings is 1. The standard InChI is InChI=1S/C10H11Br2N5O5/c11-8-14-3-6(15-9(13)16-7(3)21)17(8)10(12)5(20)4(19)2(1-18)22-10/h2,4-5,18-20H,1H2,(H3,13,15,16,21). The summed E-state index contributed by atoms with van der Waals surface area (Å²) in [6.45, 7) is -0.508.